The van der Waals surface area contributed by atoms with E-state index in [0.717, 1.165) is 11.3 Å². The molecule has 0 bridgehead atoms. The summed E-state index contributed by atoms with van der Waals surface area (Å²) < 4.78 is 18.2. The minimum Gasteiger partial charge on any atom is -0.497 e. The number of ether oxygens (including phenoxy) is 3. The van der Waals surface area contributed by atoms with Gasteiger partial charge < -0.3 is 14.2 Å². The first-order chi connectivity index (χ1) is 16.0. The highest BCUT2D eigenvalue weighted by atomic mass is 32.1. The van der Waals surface area contributed by atoms with Crippen molar-refractivity contribution in [3.05, 3.63) is 90.6 Å². The Bertz CT molecular complexity index is 1400. The highest BCUT2D eigenvalue weighted by Gasteiger charge is 2.34. The van der Waals surface area contributed by atoms with Crippen LogP contribution in [0.4, 0.5) is 0 Å². The molecule has 4 rings (SSSR count). The Hall–Kier alpha value is -3.65. The van der Waals surface area contributed by atoms with Crippen LogP contribution in [0.25, 0.3) is 6.08 Å². The summed E-state index contributed by atoms with van der Waals surface area (Å²) in [5.41, 5.74) is 2.15. The zero-order valence-electron chi connectivity index (χ0n) is 18.8. The summed E-state index contributed by atoms with van der Waals surface area (Å²) in [6.45, 7) is 3.72. The number of aromatic nitrogens is 1. The number of nitrogens with zero attached hydrogens (tertiary/aromatic N) is 2. The number of benzene rings is 2. The summed E-state index contributed by atoms with van der Waals surface area (Å²) in [6.07, 6.45) is 1.81. The molecule has 7 nitrogen and oxygen atoms in total. The normalized spacial score (nSPS) is 15.6. The van der Waals surface area contributed by atoms with Crippen molar-refractivity contribution in [1.29, 1.82) is 0 Å². The highest BCUT2D eigenvalue weighted by molar-refractivity contribution is 7.07. The van der Waals surface area contributed by atoms with Gasteiger partial charge in [-0.25, -0.2) is 9.79 Å². The Kier molecular flexibility index (Phi) is 6.46. The number of esters is 1. The van der Waals surface area contributed by atoms with Gasteiger partial charge in [0.05, 0.1) is 36.6 Å². The molecule has 0 radical (unpaired) electrons. The highest BCUT2D eigenvalue weighted by Crippen LogP contribution is 2.35. The predicted octanol–water partition coefficient (Wildman–Crippen LogP) is 2.82. The van der Waals surface area contributed by atoms with E-state index in [0.29, 0.717) is 31.9 Å². The lowest BCUT2D eigenvalue weighted by atomic mass is 9.95. The maximum absolute atomic E-state index is 13.6. The van der Waals surface area contributed by atoms with E-state index in [2.05, 4.69) is 4.99 Å². The average Bonchev–Trinajstić information content (AvgIpc) is 3.13. The lowest BCUT2D eigenvalue weighted by Gasteiger charge is -2.25. The Morgan fingerprint density at radius 1 is 1.12 bits per heavy atom. The molecular formula is C25H24N2O5S. The number of allylic oxidation sites excluding steroid dienone is 1. The summed E-state index contributed by atoms with van der Waals surface area (Å²) >= 11 is 1.28. The van der Waals surface area contributed by atoms with Gasteiger partial charge in [-0.2, -0.15) is 0 Å². The van der Waals surface area contributed by atoms with Crippen molar-refractivity contribution in [3.8, 4) is 11.5 Å². The zero-order chi connectivity index (χ0) is 23.5. The lowest BCUT2D eigenvalue weighted by molar-refractivity contribution is -0.139. The maximum atomic E-state index is 13.6. The summed E-state index contributed by atoms with van der Waals surface area (Å²) in [5, 5.41) is 0. The minimum absolute atomic E-state index is 0.218. The first kappa shape index (κ1) is 22.5. The molecule has 0 aliphatic carbocycles. The van der Waals surface area contributed by atoms with Crippen molar-refractivity contribution >= 4 is 23.4 Å². The average molecular weight is 465 g/mol. The molecule has 0 N–H and O–H groups in total. The molecule has 1 aliphatic rings. The van der Waals surface area contributed by atoms with Crippen LogP contribution in [0.3, 0.4) is 0 Å². The standard InChI is InChI=1S/C25H24N2O5S/c1-5-32-24(29)21-15(2)26-25-27(22(21)18-8-6-7-9-19(18)31-4)23(28)20(33-25)14-16-10-12-17(30-3)13-11-16/h6-14,22H,5H2,1-4H3/b20-14-. The van der Waals surface area contributed by atoms with Gasteiger partial charge in [0, 0.05) is 5.56 Å². The van der Waals surface area contributed by atoms with Crippen LogP contribution in [0.5, 0.6) is 11.5 Å². The molecule has 1 aliphatic heterocycles. The molecule has 1 atom stereocenters. The smallest absolute Gasteiger partial charge is 0.338 e. The SMILES string of the molecule is CCOC(=O)C1=C(C)N=c2s/c(=C\c3ccc(OC)cc3)c(=O)n2C1c1ccccc1OC. The Morgan fingerprint density at radius 3 is 2.52 bits per heavy atom. The Morgan fingerprint density at radius 2 is 1.85 bits per heavy atom. The topological polar surface area (TPSA) is 79.1 Å². The van der Waals surface area contributed by atoms with Crippen LogP contribution in [0, 0.1) is 0 Å². The Labute approximate surface area is 194 Å². The fourth-order valence-electron chi connectivity index (χ4n) is 3.83. The predicted molar refractivity (Wildman–Crippen MR) is 126 cm³/mol. The molecule has 0 spiro atoms. The van der Waals surface area contributed by atoms with Gasteiger partial charge in [-0.3, -0.25) is 9.36 Å². The number of rotatable bonds is 6. The van der Waals surface area contributed by atoms with E-state index in [1.54, 1.807) is 38.7 Å². The second kappa shape index (κ2) is 9.46. The molecule has 1 aromatic heterocycles. The minimum atomic E-state index is -0.713. The number of hydrogen-bond donors (Lipinski definition) is 0. The molecule has 170 valence electrons. The molecule has 33 heavy (non-hydrogen) atoms. The number of carbonyl (C=O) groups is 1. The van der Waals surface area contributed by atoms with E-state index in [1.165, 1.54) is 11.3 Å². The van der Waals surface area contributed by atoms with Crippen LogP contribution in [-0.4, -0.2) is 31.4 Å². The van der Waals surface area contributed by atoms with Gasteiger partial charge in [-0.15, -0.1) is 0 Å². The van der Waals surface area contributed by atoms with E-state index < -0.39 is 12.0 Å². The lowest BCUT2D eigenvalue weighted by Crippen LogP contribution is -2.40. The van der Waals surface area contributed by atoms with Crippen molar-refractivity contribution < 1.29 is 19.0 Å². The number of fused-ring (bicyclic) bond motifs is 1. The molecule has 0 saturated carbocycles. The van der Waals surface area contributed by atoms with Gasteiger partial charge in [0.2, 0.25) is 0 Å². The molecule has 0 amide bonds. The van der Waals surface area contributed by atoms with E-state index in [9.17, 15) is 9.59 Å². The monoisotopic (exact) mass is 464 g/mol. The maximum Gasteiger partial charge on any atom is 0.338 e. The van der Waals surface area contributed by atoms with Gasteiger partial charge in [-0.05, 0) is 43.7 Å². The second-order valence-corrected chi connectivity index (χ2v) is 8.33. The van der Waals surface area contributed by atoms with Crippen molar-refractivity contribution in [1.82, 2.24) is 4.57 Å². The fourth-order valence-corrected chi connectivity index (χ4v) is 4.88. The summed E-state index contributed by atoms with van der Waals surface area (Å²) in [7, 11) is 3.17. The summed E-state index contributed by atoms with van der Waals surface area (Å²) in [6, 6.07) is 14.1. The number of para-hydroxylation sites is 1. The van der Waals surface area contributed by atoms with Crippen LogP contribution in [-0.2, 0) is 9.53 Å². The molecule has 2 aromatic carbocycles. The fraction of sp³-hybridized carbons (Fsp3) is 0.240. The molecule has 2 heterocycles. The summed E-state index contributed by atoms with van der Waals surface area (Å²) in [5.74, 6) is 0.808. The Balaban J connectivity index is 1.95. The van der Waals surface area contributed by atoms with Gasteiger partial charge in [-0.1, -0.05) is 41.7 Å². The van der Waals surface area contributed by atoms with E-state index in [-0.39, 0.29) is 12.2 Å². The van der Waals surface area contributed by atoms with Crippen LogP contribution in [0.2, 0.25) is 0 Å². The molecule has 1 unspecified atom stereocenters. The largest absolute Gasteiger partial charge is 0.497 e. The number of hydrogen-bond acceptors (Lipinski definition) is 7. The number of thiazole rings is 1. The van der Waals surface area contributed by atoms with Crippen molar-refractivity contribution in [2.45, 2.75) is 19.9 Å². The third-order valence-corrected chi connectivity index (χ3v) is 6.35. The van der Waals surface area contributed by atoms with Crippen LogP contribution < -0.4 is 24.4 Å². The van der Waals surface area contributed by atoms with Crippen molar-refractivity contribution in [2.24, 2.45) is 4.99 Å². The van der Waals surface area contributed by atoms with E-state index in [4.69, 9.17) is 14.2 Å². The van der Waals surface area contributed by atoms with Gasteiger partial charge >= 0.3 is 5.97 Å². The van der Waals surface area contributed by atoms with Gasteiger partial charge in [0.1, 0.15) is 17.5 Å². The number of methoxy groups -OCH3 is 2. The molecule has 0 fully saturated rings. The third-order valence-electron chi connectivity index (χ3n) is 5.36. The van der Waals surface area contributed by atoms with Crippen molar-refractivity contribution in [3.63, 3.8) is 0 Å². The molecule has 8 heteroatoms. The van der Waals surface area contributed by atoms with Crippen LogP contribution in [0.1, 0.15) is 31.0 Å². The first-order valence-corrected chi connectivity index (χ1v) is 11.3. The van der Waals surface area contributed by atoms with E-state index in [1.807, 2.05) is 48.5 Å². The zero-order valence-corrected chi connectivity index (χ0v) is 19.6. The summed E-state index contributed by atoms with van der Waals surface area (Å²) in [4.78, 5) is 31.7. The third kappa shape index (κ3) is 4.21. The van der Waals surface area contributed by atoms with E-state index >= 15 is 0 Å². The number of carbonyl (C=O) groups excluding carboxylic acids is 1. The van der Waals surface area contributed by atoms with Crippen LogP contribution in [0.15, 0.2) is 69.6 Å². The first-order valence-electron chi connectivity index (χ1n) is 10.4. The molecule has 3 aromatic rings. The molecular weight excluding hydrogens is 440 g/mol. The van der Waals surface area contributed by atoms with Crippen molar-refractivity contribution in [2.75, 3.05) is 20.8 Å². The molecule has 0 saturated heterocycles. The quantitative estimate of drug-likeness (QED) is 0.524. The van der Waals surface area contributed by atoms with Crippen LogP contribution >= 0.6 is 11.3 Å². The van der Waals surface area contributed by atoms with Gasteiger partial charge in [0.25, 0.3) is 5.56 Å². The second-order valence-electron chi connectivity index (χ2n) is 7.32. The van der Waals surface area contributed by atoms with Gasteiger partial charge in [0.15, 0.2) is 4.80 Å².